The first-order chi connectivity index (χ1) is 26.3. The number of nitrogens with one attached hydrogen (secondary N) is 1. The van der Waals surface area contributed by atoms with Crippen molar-refractivity contribution in [3.05, 3.63) is 54.1 Å². The summed E-state index contributed by atoms with van der Waals surface area (Å²) in [5, 5.41) is 12.9. The quantitative estimate of drug-likeness (QED) is 0.205. The lowest BCUT2D eigenvalue weighted by Gasteiger charge is -2.68. The third kappa shape index (κ3) is 9.64. The predicted octanol–water partition coefficient (Wildman–Crippen LogP) is 11.3. The van der Waals surface area contributed by atoms with E-state index in [1.54, 1.807) is 18.2 Å². The summed E-state index contributed by atoms with van der Waals surface area (Å²) in [7, 11) is 0. The van der Waals surface area contributed by atoms with Crippen molar-refractivity contribution in [1.29, 1.82) is 0 Å². The van der Waals surface area contributed by atoms with Gasteiger partial charge in [0.15, 0.2) is 0 Å². The van der Waals surface area contributed by atoms with E-state index in [0.29, 0.717) is 40.6 Å². The van der Waals surface area contributed by atoms with E-state index in [-0.39, 0.29) is 16.2 Å². The van der Waals surface area contributed by atoms with Crippen molar-refractivity contribution in [2.45, 2.75) is 127 Å². The highest BCUT2D eigenvalue weighted by Crippen LogP contribution is 2.73. The molecule has 0 aromatic heterocycles. The third-order valence-electron chi connectivity index (χ3n) is 14.6. The molecule has 0 aliphatic heterocycles. The number of carbonyl (C=O) groups is 2. The Balaban J connectivity index is 0.00000126. The van der Waals surface area contributed by atoms with Gasteiger partial charge in [-0.05, 0) is 147 Å². The molecule has 5 aliphatic rings. The summed E-state index contributed by atoms with van der Waals surface area (Å²) in [6.07, 6.45) is 40.4. The van der Waals surface area contributed by atoms with Gasteiger partial charge in [-0.1, -0.05) is 86.1 Å². The summed E-state index contributed by atoms with van der Waals surface area (Å²) in [4.78, 5) is 27.8. The Bertz CT molecular complexity index is 1450. The number of hydrogen-bond acceptors (Lipinski definition) is 3. The molecule has 0 saturated heterocycles. The molecule has 5 heteroatoms. The number of hydrogen-bond donors (Lipinski definition) is 2. The van der Waals surface area contributed by atoms with E-state index in [4.69, 9.17) is 0 Å². The lowest BCUT2D eigenvalue weighted by molar-refractivity contribution is -0.181. The molecule has 6 rings (SSSR count). The fourth-order valence-corrected chi connectivity index (χ4v) is 12.5. The maximum atomic E-state index is 13.9. The smallest absolute Gasteiger partial charge is 0.335 e. The zero-order valence-electron chi connectivity index (χ0n) is 36.1. The van der Waals surface area contributed by atoms with Crippen LogP contribution in [0.5, 0.6) is 0 Å². The monoisotopic (exact) mass is 753 g/mol. The molecule has 5 aliphatic carbocycles. The van der Waals surface area contributed by atoms with Gasteiger partial charge in [0, 0.05) is 13.1 Å². The van der Waals surface area contributed by atoms with Crippen molar-refractivity contribution in [3.63, 3.8) is 0 Å². The number of fused-ring (bicyclic) bond motifs is 7. The normalized spacial score (nSPS) is 31.6. The Labute approximate surface area is 338 Å². The van der Waals surface area contributed by atoms with Crippen molar-refractivity contribution < 1.29 is 14.7 Å². The zero-order chi connectivity index (χ0) is 42.2. The van der Waals surface area contributed by atoms with Crippen molar-refractivity contribution in [3.8, 4) is 38.5 Å². The van der Waals surface area contributed by atoms with E-state index < -0.39 is 5.97 Å². The molecule has 0 radical (unpaired) electrons. The second-order valence-electron chi connectivity index (χ2n) is 16.8. The number of terminal acetylenes is 3. The lowest BCUT2D eigenvalue weighted by atomic mass is 9.36. The van der Waals surface area contributed by atoms with E-state index >= 15 is 0 Å². The van der Waals surface area contributed by atoms with E-state index in [2.05, 4.69) is 103 Å². The van der Waals surface area contributed by atoms with Crippen molar-refractivity contribution in [2.24, 2.45) is 51.2 Å². The standard InChI is InChI=1S/C39H58N2O3.C3H6.C2H6.3C2H2/c1-7-41(8-2)25-24-40-35(44)39-20-9-10-31(39)28-15-16-33-37(5,30(28)18-23-39)22-19-32-36(3,4)29(17-21-38(32,33)6)26-11-13-27(14-12-26)34(42)43;1-3-2;4*1-2/h11-14,17,28,30-33H,7-10,15-16,18-25H2,1-6H3,(H,40,44)(H,42,43);3H,1H2,2H3;1-2H3;3*1-2H/t28-,30?,31?,32?,33?,37-,38-,39-;;;;;/m0...../s1. The average molecular weight is 753 g/mol. The number of benzene rings is 1. The van der Waals surface area contributed by atoms with Crippen LogP contribution in [-0.2, 0) is 4.79 Å². The molecule has 55 heavy (non-hydrogen) atoms. The second kappa shape index (κ2) is 22.1. The summed E-state index contributed by atoms with van der Waals surface area (Å²) >= 11 is 0. The Morgan fingerprint density at radius 3 is 1.96 bits per heavy atom. The molecule has 1 aromatic rings. The molecule has 0 heterocycles. The highest BCUT2D eigenvalue weighted by Gasteiger charge is 2.66. The Morgan fingerprint density at radius 1 is 0.836 bits per heavy atom. The number of amides is 1. The fraction of sp³-hybridized carbons (Fsp3) is 0.640. The molecule has 0 bridgehead atoms. The molecule has 8 atom stereocenters. The van der Waals surface area contributed by atoms with E-state index in [1.165, 1.54) is 56.1 Å². The molecule has 5 nitrogen and oxygen atoms in total. The van der Waals surface area contributed by atoms with Gasteiger partial charge in [0.25, 0.3) is 0 Å². The Morgan fingerprint density at radius 2 is 1.42 bits per heavy atom. The Kier molecular flexibility index (Phi) is 19.8. The number of carboxylic acids is 1. The van der Waals surface area contributed by atoms with Gasteiger partial charge >= 0.3 is 5.97 Å². The van der Waals surface area contributed by atoms with Crippen molar-refractivity contribution >= 4 is 17.4 Å². The molecule has 0 spiro atoms. The Hall–Kier alpha value is -3.72. The van der Waals surface area contributed by atoms with Crippen molar-refractivity contribution in [1.82, 2.24) is 10.2 Å². The second-order valence-corrected chi connectivity index (χ2v) is 16.8. The third-order valence-corrected chi connectivity index (χ3v) is 14.6. The van der Waals surface area contributed by atoms with Gasteiger partial charge in [-0.25, -0.2) is 4.79 Å². The largest absolute Gasteiger partial charge is 0.478 e. The molecule has 1 amide bonds. The van der Waals surface area contributed by atoms with Crippen LogP contribution >= 0.6 is 0 Å². The number of carboxylic acid groups (broad SMARTS) is 1. The molecule has 4 unspecified atom stereocenters. The molecular formula is C50H76N2O3. The highest BCUT2D eigenvalue weighted by atomic mass is 16.4. The summed E-state index contributed by atoms with van der Waals surface area (Å²) in [5.74, 6) is 2.80. The first kappa shape index (κ1) is 49.3. The molecule has 2 N–H and O–H groups in total. The van der Waals surface area contributed by atoms with Gasteiger partial charge in [-0.15, -0.1) is 45.1 Å². The maximum absolute atomic E-state index is 13.9. The molecule has 4 saturated carbocycles. The van der Waals surface area contributed by atoms with Gasteiger partial charge in [-0.3, -0.25) is 4.79 Å². The summed E-state index contributed by atoms with van der Waals surface area (Å²) in [6, 6.07) is 7.57. The minimum Gasteiger partial charge on any atom is -0.478 e. The van der Waals surface area contributed by atoms with Gasteiger partial charge < -0.3 is 15.3 Å². The van der Waals surface area contributed by atoms with Gasteiger partial charge in [0.05, 0.1) is 11.0 Å². The number of aromatic carboxylic acids is 1. The lowest BCUT2D eigenvalue weighted by Crippen LogP contribution is -2.62. The number of likely N-dealkylation sites (N-methyl/N-ethyl adjacent to an activating group) is 1. The number of nitrogens with zero attached hydrogens (tertiary/aromatic N) is 1. The zero-order valence-corrected chi connectivity index (χ0v) is 36.1. The fourth-order valence-electron chi connectivity index (χ4n) is 12.5. The first-order valence-corrected chi connectivity index (χ1v) is 21.0. The summed E-state index contributed by atoms with van der Waals surface area (Å²) in [6.45, 7) is 27.6. The van der Waals surface area contributed by atoms with Crippen LogP contribution in [0.2, 0.25) is 0 Å². The van der Waals surface area contributed by atoms with Crippen LogP contribution in [0.4, 0.5) is 0 Å². The minimum absolute atomic E-state index is 0.0340. The minimum atomic E-state index is -0.864. The predicted molar refractivity (Wildman–Crippen MR) is 235 cm³/mol. The molecule has 1 aromatic carbocycles. The topological polar surface area (TPSA) is 69.6 Å². The van der Waals surface area contributed by atoms with Crippen LogP contribution in [0, 0.1) is 89.8 Å². The number of rotatable bonds is 8. The SMILES string of the molecule is C#C.C#C.C#C.C=CC.CC.CCN(CC)CCNC(=O)[C@]12CCCC1[C@H]1CCC3[C@@](C)(CCC4C(C)(C)C(c5ccc(C(=O)O)cc5)=CC[C@@]43C)C1CC2. The van der Waals surface area contributed by atoms with E-state index in [0.717, 1.165) is 51.4 Å². The van der Waals surface area contributed by atoms with E-state index in [9.17, 15) is 14.7 Å². The van der Waals surface area contributed by atoms with Crippen LogP contribution in [0.3, 0.4) is 0 Å². The average Bonchev–Trinajstić information content (AvgIpc) is 3.66. The first-order valence-electron chi connectivity index (χ1n) is 21.0. The van der Waals surface area contributed by atoms with Crippen LogP contribution in [0.25, 0.3) is 5.57 Å². The number of allylic oxidation sites excluding steroid dienone is 3. The van der Waals surface area contributed by atoms with Crippen molar-refractivity contribution in [2.75, 3.05) is 26.2 Å². The van der Waals surface area contributed by atoms with Crippen LogP contribution in [0.1, 0.15) is 142 Å². The molecule has 4 fully saturated rings. The van der Waals surface area contributed by atoms with Gasteiger partial charge in [0.2, 0.25) is 5.91 Å². The van der Waals surface area contributed by atoms with Crippen LogP contribution in [0.15, 0.2) is 43.0 Å². The number of carbonyl (C=O) groups excluding carboxylic acids is 1. The maximum Gasteiger partial charge on any atom is 0.335 e. The highest BCUT2D eigenvalue weighted by molar-refractivity contribution is 5.88. The summed E-state index contributed by atoms with van der Waals surface area (Å²) in [5.41, 5.74) is 3.44. The summed E-state index contributed by atoms with van der Waals surface area (Å²) < 4.78 is 0. The van der Waals surface area contributed by atoms with Gasteiger partial charge in [0.1, 0.15) is 0 Å². The molecule has 304 valence electrons. The van der Waals surface area contributed by atoms with Crippen LogP contribution in [-0.4, -0.2) is 48.1 Å². The van der Waals surface area contributed by atoms with Crippen LogP contribution < -0.4 is 5.32 Å². The van der Waals surface area contributed by atoms with Gasteiger partial charge in [-0.2, -0.15) is 0 Å². The van der Waals surface area contributed by atoms with E-state index in [1.807, 2.05) is 32.9 Å². The molecular weight excluding hydrogens is 677 g/mol.